The second kappa shape index (κ2) is 7.30. The van der Waals surface area contributed by atoms with Gasteiger partial charge in [0.05, 0.1) is 10.6 Å². The summed E-state index contributed by atoms with van der Waals surface area (Å²) in [4.78, 5) is 4.83. The summed E-state index contributed by atoms with van der Waals surface area (Å²) < 4.78 is 31.0. The molecule has 4 rings (SSSR count). The molecule has 27 heavy (non-hydrogen) atoms. The van der Waals surface area contributed by atoms with Gasteiger partial charge in [0.1, 0.15) is 0 Å². The zero-order chi connectivity index (χ0) is 18.7. The molecule has 134 valence electrons. The van der Waals surface area contributed by atoms with E-state index in [1.54, 1.807) is 18.2 Å². The number of hydrogen-bond acceptors (Lipinski definition) is 4. The number of benzene rings is 3. The number of hydrogen-bond donors (Lipinski definition) is 0. The molecule has 0 amide bonds. The maximum Gasteiger partial charge on any atom is 0.285 e. The Morgan fingerprint density at radius 3 is 1.96 bits per heavy atom. The largest absolute Gasteiger partial charge is 0.285 e. The fourth-order valence-corrected chi connectivity index (χ4v) is 4.60. The van der Waals surface area contributed by atoms with Crippen molar-refractivity contribution in [3.8, 4) is 17.1 Å². The van der Waals surface area contributed by atoms with Gasteiger partial charge in [-0.3, -0.25) is 0 Å². The fraction of sp³-hybridized carbons (Fsp3) is 0. The van der Waals surface area contributed by atoms with Gasteiger partial charge in [0.15, 0.2) is 5.82 Å². The molecule has 0 unspecified atom stereocenters. The normalized spacial score (nSPS) is 12.2. The Bertz CT molecular complexity index is 1150. The van der Waals surface area contributed by atoms with E-state index < -0.39 is 10.0 Å². The van der Waals surface area contributed by atoms with Crippen LogP contribution in [0.15, 0.2) is 100 Å². The number of nitrogens with zero attached hydrogens (tertiary/aromatic N) is 3. The lowest BCUT2D eigenvalue weighted by atomic mass is 10.2. The van der Waals surface area contributed by atoms with E-state index >= 15 is 0 Å². The summed E-state index contributed by atoms with van der Waals surface area (Å²) in [5.74, 6) is 0.647. The third kappa shape index (κ3) is 3.74. The van der Waals surface area contributed by atoms with Crippen molar-refractivity contribution in [3.05, 3.63) is 95.8 Å². The second-order valence-corrected chi connectivity index (χ2v) is 8.20. The van der Waals surface area contributed by atoms with Gasteiger partial charge in [0, 0.05) is 5.56 Å². The maximum atomic E-state index is 12.6. The van der Waals surface area contributed by atoms with Crippen molar-refractivity contribution in [3.63, 3.8) is 0 Å². The van der Waals surface area contributed by atoms with E-state index in [9.17, 15) is 8.42 Å². The van der Waals surface area contributed by atoms with E-state index in [1.165, 1.54) is 23.7 Å². The van der Waals surface area contributed by atoms with Gasteiger partial charge in [-0.05, 0) is 35.8 Å². The fourth-order valence-electron chi connectivity index (χ4n) is 2.57. The lowest BCUT2D eigenvalue weighted by Crippen LogP contribution is -2.06. The number of aromatic nitrogens is 2. The highest BCUT2D eigenvalue weighted by Crippen LogP contribution is 2.22. The first-order valence-electron chi connectivity index (χ1n) is 8.21. The molecule has 0 aliphatic heterocycles. The molecule has 0 atom stereocenters. The van der Waals surface area contributed by atoms with E-state index in [2.05, 4.69) is 9.38 Å². The van der Waals surface area contributed by atoms with Crippen LogP contribution in [-0.4, -0.2) is 17.4 Å². The molecular formula is C20H15N3O2S2. The van der Waals surface area contributed by atoms with Gasteiger partial charge >= 0.3 is 0 Å². The molecule has 0 aliphatic carbocycles. The van der Waals surface area contributed by atoms with E-state index in [1.807, 2.05) is 64.6 Å². The summed E-state index contributed by atoms with van der Waals surface area (Å²) in [6.45, 7) is 0. The highest BCUT2D eigenvalue weighted by atomic mass is 32.2. The van der Waals surface area contributed by atoms with Crippen molar-refractivity contribution in [1.29, 1.82) is 0 Å². The van der Waals surface area contributed by atoms with Crippen LogP contribution in [0, 0.1) is 0 Å². The van der Waals surface area contributed by atoms with Crippen LogP contribution in [0.3, 0.4) is 0 Å². The average Bonchev–Trinajstić information content (AvgIpc) is 3.13. The van der Waals surface area contributed by atoms with Gasteiger partial charge in [-0.2, -0.15) is 13.4 Å². The Kier molecular flexibility index (Phi) is 4.70. The lowest BCUT2D eigenvalue weighted by molar-refractivity contribution is 0.596. The molecular weight excluding hydrogens is 378 g/mol. The Labute approximate surface area is 161 Å². The molecule has 0 radical (unpaired) electrons. The second-order valence-electron chi connectivity index (χ2n) is 5.68. The van der Waals surface area contributed by atoms with Crippen LogP contribution in [0.2, 0.25) is 0 Å². The summed E-state index contributed by atoms with van der Waals surface area (Å²) in [5.41, 5.74) is 1.78. The quantitative estimate of drug-likeness (QED) is 0.528. The van der Waals surface area contributed by atoms with Crippen molar-refractivity contribution in [2.24, 2.45) is 4.40 Å². The molecule has 1 heterocycles. The van der Waals surface area contributed by atoms with Gasteiger partial charge in [-0.25, -0.2) is 3.96 Å². The SMILES string of the molecule is O=S(=O)(N=c1nc(-c2ccccc2)n(-c2ccccc2)s1)c1ccccc1. The van der Waals surface area contributed by atoms with Gasteiger partial charge in [-0.1, -0.05) is 66.7 Å². The van der Waals surface area contributed by atoms with Gasteiger partial charge in [-0.15, -0.1) is 4.40 Å². The number of para-hydroxylation sites is 1. The van der Waals surface area contributed by atoms with Crippen LogP contribution in [0.4, 0.5) is 0 Å². The van der Waals surface area contributed by atoms with E-state index in [-0.39, 0.29) is 9.70 Å². The Morgan fingerprint density at radius 2 is 1.33 bits per heavy atom. The molecule has 3 aromatic carbocycles. The molecule has 0 N–H and O–H groups in total. The zero-order valence-corrected chi connectivity index (χ0v) is 15.8. The smallest absolute Gasteiger partial charge is 0.246 e. The third-order valence-electron chi connectivity index (χ3n) is 3.83. The molecule has 1 aromatic heterocycles. The van der Waals surface area contributed by atoms with Gasteiger partial charge in [0.25, 0.3) is 10.0 Å². The first-order chi connectivity index (χ1) is 13.1. The highest BCUT2D eigenvalue weighted by Gasteiger charge is 2.15. The van der Waals surface area contributed by atoms with Crippen LogP contribution < -0.4 is 4.80 Å². The standard InChI is InChI=1S/C20H15N3O2S2/c24-27(25,18-14-8-3-9-15-18)22-20-21-19(16-10-4-1-5-11-16)23(26-20)17-12-6-2-7-13-17/h1-15H. The van der Waals surface area contributed by atoms with Crippen LogP contribution in [0.25, 0.3) is 17.1 Å². The summed E-state index contributed by atoms with van der Waals surface area (Å²) in [7, 11) is -3.82. The summed E-state index contributed by atoms with van der Waals surface area (Å²) in [6, 6.07) is 27.4. The summed E-state index contributed by atoms with van der Waals surface area (Å²) >= 11 is 1.19. The van der Waals surface area contributed by atoms with Crippen LogP contribution in [-0.2, 0) is 10.0 Å². The monoisotopic (exact) mass is 393 g/mol. The minimum Gasteiger partial charge on any atom is -0.246 e. The van der Waals surface area contributed by atoms with Crippen molar-refractivity contribution in [2.45, 2.75) is 4.90 Å². The Morgan fingerprint density at radius 1 is 0.778 bits per heavy atom. The van der Waals surface area contributed by atoms with Crippen LogP contribution in [0.1, 0.15) is 0 Å². The minimum absolute atomic E-state index is 0.146. The molecule has 0 aliphatic rings. The number of rotatable bonds is 4. The summed E-state index contributed by atoms with van der Waals surface area (Å²) in [6.07, 6.45) is 0. The first kappa shape index (κ1) is 17.4. The first-order valence-corrected chi connectivity index (χ1v) is 10.4. The topological polar surface area (TPSA) is 64.3 Å². The van der Waals surface area contributed by atoms with Crippen LogP contribution in [0.5, 0.6) is 0 Å². The predicted molar refractivity (Wildman–Crippen MR) is 106 cm³/mol. The average molecular weight is 393 g/mol. The Hall–Kier alpha value is -3.03. The molecule has 0 bridgehead atoms. The molecule has 4 aromatic rings. The van der Waals surface area contributed by atoms with Crippen molar-refractivity contribution in [2.75, 3.05) is 0 Å². The highest BCUT2D eigenvalue weighted by molar-refractivity contribution is 7.90. The third-order valence-corrected chi connectivity index (χ3v) is 6.14. The molecule has 0 saturated heterocycles. The van der Waals surface area contributed by atoms with Gasteiger partial charge in [0.2, 0.25) is 4.80 Å². The predicted octanol–water partition coefficient (Wildman–Crippen LogP) is 3.89. The van der Waals surface area contributed by atoms with Crippen LogP contribution >= 0.6 is 11.5 Å². The maximum absolute atomic E-state index is 12.6. The molecule has 5 nitrogen and oxygen atoms in total. The minimum atomic E-state index is -3.82. The van der Waals surface area contributed by atoms with Crippen molar-refractivity contribution < 1.29 is 8.42 Å². The Balaban J connectivity index is 1.90. The number of sulfonamides is 1. The van der Waals surface area contributed by atoms with E-state index in [4.69, 9.17) is 0 Å². The lowest BCUT2D eigenvalue weighted by Gasteiger charge is -2.05. The molecule has 0 saturated carbocycles. The van der Waals surface area contributed by atoms with Gasteiger partial charge < -0.3 is 0 Å². The molecule has 7 heteroatoms. The molecule has 0 spiro atoms. The molecule has 0 fully saturated rings. The van der Waals surface area contributed by atoms with E-state index in [0.29, 0.717) is 5.82 Å². The van der Waals surface area contributed by atoms with Crippen molar-refractivity contribution in [1.82, 2.24) is 8.94 Å². The van der Waals surface area contributed by atoms with Crippen molar-refractivity contribution >= 4 is 21.6 Å². The zero-order valence-electron chi connectivity index (χ0n) is 14.1. The summed E-state index contributed by atoms with van der Waals surface area (Å²) in [5, 5.41) is 0. The van der Waals surface area contributed by atoms with E-state index in [0.717, 1.165) is 11.3 Å².